The minimum Gasteiger partial charge on any atom is -0.343 e. The Kier molecular flexibility index (Phi) is 3.98. The number of hydrogen-bond donors (Lipinski definition) is 0. The third-order valence-corrected chi connectivity index (χ3v) is 2.63. The molecule has 0 bridgehead atoms. The largest absolute Gasteiger partial charge is 0.343 e. The lowest BCUT2D eigenvalue weighted by Crippen LogP contribution is -2.50. The normalized spacial score (nSPS) is 26.4. The highest BCUT2D eigenvalue weighted by atomic mass is 16.7. The van der Waals surface area contributed by atoms with Crippen molar-refractivity contribution in [3.63, 3.8) is 0 Å². The molecule has 6 heteroatoms. The molecular formula is C10H17NO5. The van der Waals surface area contributed by atoms with Gasteiger partial charge in [0.25, 0.3) is 0 Å². The SMILES string of the molecule is CC[C@@H](C[N+](=O)[O-])[C@@H]1OC(C)(C)OCC1=O. The molecule has 0 aromatic rings. The quantitative estimate of drug-likeness (QED) is 0.533. The second-order valence-electron chi connectivity index (χ2n) is 4.38. The maximum Gasteiger partial charge on any atom is 0.209 e. The van der Waals surface area contributed by atoms with Gasteiger partial charge in [-0.1, -0.05) is 6.92 Å². The minimum absolute atomic E-state index is 0.0358. The molecule has 1 rings (SSSR count). The second-order valence-corrected chi connectivity index (χ2v) is 4.38. The van der Waals surface area contributed by atoms with Gasteiger partial charge >= 0.3 is 0 Å². The fourth-order valence-electron chi connectivity index (χ4n) is 1.72. The van der Waals surface area contributed by atoms with Crippen LogP contribution in [0.5, 0.6) is 0 Å². The van der Waals surface area contributed by atoms with Crippen molar-refractivity contribution in [2.45, 2.75) is 39.1 Å². The molecule has 0 radical (unpaired) electrons. The third-order valence-electron chi connectivity index (χ3n) is 2.63. The first kappa shape index (κ1) is 13.1. The molecular weight excluding hydrogens is 214 g/mol. The van der Waals surface area contributed by atoms with Crippen LogP contribution < -0.4 is 0 Å². The van der Waals surface area contributed by atoms with E-state index < -0.39 is 16.8 Å². The van der Waals surface area contributed by atoms with E-state index in [1.807, 2.05) is 6.92 Å². The summed E-state index contributed by atoms with van der Waals surface area (Å²) in [6, 6.07) is 0. The number of ketones is 1. The van der Waals surface area contributed by atoms with Crippen molar-refractivity contribution in [2.75, 3.05) is 13.2 Å². The van der Waals surface area contributed by atoms with E-state index in [1.54, 1.807) is 13.8 Å². The first-order valence-electron chi connectivity index (χ1n) is 5.32. The molecule has 0 aliphatic carbocycles. The summed E-state index contributed by atoms with van der Waals surface area (Å²) >= 11 is 0. The number of nitrogens with zero attached hydrogens (tertiary/aromatic N) is 1. The highest BCUT2D eigenvalue weighted by Gasteiger charge is 2.40. The van der Waals surface area contributed by atoms with Crippen molar-refractivity contribution >= 4 is 5.78 Å². The van der Waals surface area contributed by atoms with E-state index in [0.717, 1.165) is 0 Å². The van der Waals surface area contributed by atoms with Crippen LogP contribution in [0.25, 0.3) is 0 Å². The Labute approximate surface area is 94.1 Å². The van der Waals surface area contributed by atoms with Crippen LogP contribution in [0.15, 0.2) is 0 Å². The van der Waals surface area contributed by atoms with Crippen molar-refractivity contribution in [3.05, 3.63) is 10.1 Å². The Balaban J connectivity index is 2.73. The number of carbonyl (C=O) groups excluding carboxylic acids is 1. The van der Waals surface area contributed by atoms with Crippen LogP contribution in [0.1, 0.15) is 27.2 Å². The third kappa shape index (κ3) is 3.24. The van der Waals surface area contributed by atoms with Gasteiger partial charge in [0.05, 0.1) is 5.92 Å². The van der Waals surface area contributed by atoms with E-state index in [0.29, 0.717) is 6.42 Å². The Morgan fingerprint density at radius 3 is 2.75 bits per heavy atom. The average Bonchev–Trinajstić information content (AvgIpc) is 2.18. The van der Waals surface area contributed by atoms with E-state index in [1.165, 1.54) is 0 Å². The monoisotopic (exact) mass is 231 g/mol. The fourth-order valence-corrected chi connectivity index (χ4v) is 1.72. The number of nitro groups is 1. The van der Waals surface area contributed by atoms with E-state index in [4.69, 9.17) is 9.47 Å². The Bertz CT molecular complexity index is 289. The molecule has 1 fully saturated rings. The molecule has 92 valence electrons. The summed E-state index contributed by atoms with van der Waals surface area (Å²) in [5.74, 6) is -1.44. The molecule has 1 aliphatic heterocycles. The standard InChI is InChI=1S/C10H17NO5/c1-4-7(5-11(13)14)9-8(12)6-15-10(2,3)16-9/h7,9H,4-6H2,1-3H3/t7-,9-/m0/s1. The van der Waals surface area contributed by atoms with Crippen molar-refractivity contribution < 1.29 is 19.2 Å². The summed E-state index contributed by atoms with van der Waals surface area (Å²) in [6.07, 6.45) is -0.188. The Hall–Kier alpha value is -1.01. The van der Waals surface area contributed by atoms with Gasteiger partial charge in [0, 0.05) is 4.92 Å². The van der Waals surface area contributed by atoms with Crippen LogP contribution in [0.2, 0.25) is 0 Å². The maximum absolute atomic E-state index is 11.6. The second kappa shape index (κ2) is 4.88. The Morgan fingerprint density at radius 1 is 1.62 bits per heavy atom. The molecule has 6 nitrogen and oxygen atoms in total. The summed E-state index contributed by atoms with van der Waals surface area (Å²) in [5, 5.41) is 10.5. The summed E-state index contributed by atoms with van der Waals surface area (Å²) in [7, 11) is 0. The number of ether oxygens (including phenoxy) is 2. The zero-order valence-electron chi connectivity index (χ0n) is 9.76. The predicted octanol–water partition coefficient (Wildman–Crippen LogP) is 1.01. The van der Waals surface area contributed by atoms with Gasteiger partial charge in [-0.3, -0.25) is 14.9 Å². The smallest absolute Gasteiger partial charge is 0.209 e. The number of carbonyl (C=O) groups is 1. The van der Waals surface area contributed by atoms with Crippen LogP contribution in [-0.4, -0.2) is 35.7 Å². The number of Topliss-reactive ketones (excluding diaryl/α,β-unsaturated/α-hetero) is 1. The predicted molar refractivity (Wildman–Crippen MR) is 55.6 cm³/mol. The van der Waals surface area contributed by atoms with Gasteiger partial charge in [0.2, 0.25) is 6.54 Å². The lowest BCUT2D eigenvalue weighted by Gasteiger charge is -2.37. The van der Waals surface area contributed by atoms with E-state index in [9.17, 15) is 14.9 Å². The molecule has 0 N–H and O–H groups in total. The van der Waals surface area contributed by atoms with Gasteiger partial charge in [-0.25, -0.2) is 0 Å². The van der Waals surface area contributed by atoms with Gasteiger partial charge in [-0.05, 0) is 20.3 Å². The molecule has 0 aromatic heterocycles. The van der Waals surface area contributed by atoms with Crippen LogP contribution in [-0.2, 0) is 14.3 Å². The maximum atomic E-state index is 11.6. The van der Waals surface area contributed by atoms with Gasteiger partial charge in [0.1, 0.15) is 12.7 Å². The van der Waals surface area contributed by atoms with Crippen LogP contribution >= 0.6 is 0 Å². The lowest BCUT2D eigenvalue weighted by molar-refractivity contribution is -0.491. The highest BCUT2D eigenvalue weighted by Crippen LogP contribution is 2.26. The first-order valence-corrected chi connectivity index (χ1v) is 5.32. The molecule has 0 saturated carbocycles. The zero-order valence-corrected chi connectivity index (χ0v) is 9.76. The number of rotatable bonds is 4. The molecule has 1 heterocycles. The molecule has 1 saturated heterocycles. The molecule has 0 amide bonds. The van der Waals surface area contributed by atoms with Crippen LogP contribution in [0.4, 0.5) is 0 Å². The highest BCUT2D eigenvalue weighted by molar-refractivity contribution is 5.85. The minimum atomic E-state index is -0.845. The van der Waals surface area contributed by atoms with Gasteiger partial charge in [0.15, 0.2) is 11.6 Å². The van der Waals surface area contributed by atoms with Crippen LogP contribution in [0, 0.1) is 16.0 Å². The van der Waals surface area contributed by atoms with E-state index in [-0.39, 0.29) is 24.9 Å². The van der Waals surface area contributed by atoms with Crippen molar-refractivity contribution in [2.24, 2.45) is 5.92 Å². The number of hydrogen-bond acceptors (Lipinski definition) is 5. The van der Waals surface area contributed by atoms with Gasteiger partial charge in [-0.2, -0.15) is 0 Å². The topological polar surface area (TPSA) is 78.7 Å². The van der Waals surface area contributed by atoms with E-state index >= 15 is 0 Å². The van der Waals surface area contributed by atoms with E-state index in [2.05, 4.69) is 0 Å². The van der Waals surface area contributed by atoms with Crippen molar-refractivity contribution in [1.29, 1.82) is 0 Å². The average molecular weight is 231 g/mol. The summed E-state index contributed by atoms with van der Waals surface area (Å²) < 4.78 is 10.6. The van der Waals surface area contributed by atoms with Crippen molar-refractivity contribution in [1.82, 2.24) is 0 Å². The fraction of sp³-hybridized carbons (Fsp3) is 0.900. The van der Waals surface area contributed by atoms with Gasteiger partial charge in [-0.15, -0.1) is 0 Å². The van der Waals surface area contributed by atoms with Gasteiger partial charge < -0.3 is 9.47 Å². The lowest BCUT2D eigenvalue weighted by atomic mass is 9.95. The Morgan fingerprint density at radius 2 is 2.25 bits per heavy atom. The molecule has 1 aliphatic rings. The van der Waals surface area contributed by atoms with Crippen LogP contribution in [0.3, 0.4) is 0 Å². The molecule has 2 atom stereocenters. The zero-order chi connectivity index (χ0) is 12.3. The molecule has 0 aromatic carbocycles. The summed E-state index contributed by atoms with van der Waals surface area (Å²) in [5.41, 5.74) is 0. The molecule has 0 unspecified atom stereocenters. The molecule has 16 heavy (non-hydrogen) atoms. The first-order chi connectivity index (χ1) is 7.35. The van der Waals surface area contributed by atoms with Crippen molar-refractivity contribution in [3.8, 4) is 0 Å². The molecule has 0 spiro atoms. The summed E-state index contributed by atoms with van der Waals surface area (Å²) in [6.45, 7) is 4.93. The summed E-state index contributed by atoms with van der Waals surface area (Å²) in [4.78, 5) is 21.7.